The molecule has 2 rings (SSSR count). The predicted octanol–water partition coefficient (Wildman–Crippen LogP) is 3.84. The molecule has 1 nitrogen and oxygen atoms in total. The molecule has 2 N–H and O–H groups in total. The molecule has 0 spiro atoms. The molecule has 0 aliphatic carbocycles. The van der Waals surface area contributed by atoms with E-state index < -0.39 is 0 Å². The van der Waals surface area contributed by atoms with Crippen molar-refractivity contribution in [2.24, 2.45) is 0 Å². The molecule has 0 amide bonds. The Hall–Kier alpha value is -0.730. The molecule has 13 heavy (non-hydrogen) atoms. The number of anilines is 1. The minimum absolute atomic E-state index is 0.731. The number of halogens is 2. The molecule has 0 aliphatic heterocycles. The van der Waals surface area contributed by atoms with Crippen molar-refractivity contribution in [3.05, 3.63) is 39.8 Å². The fourth-order valence-electron chi connectivity index (χ4n) is 1.30. The van der Waals surface area contributed by atoms with Gasteiger partial charge in [0.1, 0.15) is 0 Å². The second kappa shape index (κ2) is 3.20. The highest BCUT2D eigenvalue weighted by Crippen LogP contribution is 2.30. The zero-order valence-electron chi connectivity index (χ0n) is 6.72. The first kappa shape index (κ1) is 8.85. The Morgan fingerprint density at radius 2 is 1.92 bits per heavy atom. The van der Waals surface area contributed by atoms with E-state index in [0.717, 1.165) is 26.0 Å². The number of nitrogens with two attached hydrogens (primary N) is 1. The minimum Gasteiger partial charge on any atom is -0.397 e. The largest absolute Gasteiger partial charge is 0.397 e. The number of nitrogen functional groups attached to an aromatic ring is 1. The van der Waals surface area contributed by atoms with Gasteiger partial charge >= 0.3 is 0 Å². The standard InChI is InChI=1S/C10H7BrClN/c11-9-4-1-6-5-7(12)2-3-8(6)10(9)13/h1-5H,13H2. The van der Waals surface area contributed by atoms with Gasteiger partial charge in [-0.15, -0.1) is 0 Å². The van der Waals surface area contributed by atoms with Gasteiger partial charge in [0.05, 0.1) is 5.69 Å². The van der Waals surface area contributed by atoms with Gasteiger partial charge in [0.15, 0.2) is 0 Å². The molecule has 0 heterocycles. The van der Waals surface area contributed by atoms with Crippen molar-refractivity contribution in [1.82, 2.24) is 0 Å². The van der Waals surface area contributed by atoms with Crippen LogP contribution >= 0.6 is 27.5 Å². The fourth-order valence-corrected chi connectivity index (χ4v) is 1.82. The summed E-state index contributed by atoms with van der Waals surface area (Å²) in [6.45, 7) is 0. The van der Waals surface area contributed by atoms with Gasteiger partial charge in [-0.1, -0.05) is 23.7 Å². The van der Waals surface area contributed by atoms with Gasteiger partial charge in [0.25, 0.3) is 0 Å². The quantitative estimate of drug-likeness (QED) is 0.712. The monoisotopic (exact) mass is 255 g/mol. The number of fused-ring (bicyclic) bond motifs is 1. The molecule has 0 saturated carbocycles. The first-order valence-electron chi connectivity index (χ1n) is 3.82. The lowest BCUT2D eigenvalue weighted by molar-refractivity contribution is 1.68. The normalized spacial score (nSPS) is 10.6. The zero-order valence-corrected chi connectivity index (χ0v) is 9.06. The molecule has 0 aromatic heterocycles. The summed E-state index contributed by atoms with van der Waals surface area (Å²) in [5.41, 5.74) is 6.64. The van der Waals surface area contributed by atoms with Crippen molar-refractivity contribution in [2.75, 3.05) is 5.73 Å². The molecule has 0 saturated heterocycles. The van der Waals surface area contributed by atoms with Crippen LogP contribution in [0.4, 0.5) is 5.69 Å². The molecular formula is C10H7BrClN. The van der Waals surface area contributed by atoms with Crippen LogP contribution in [0.15, 0.2) is 34.8 Å². The summed E-state index contributed by atoms with van der Waals surface area (Å²) in [4.78, 5) is 0. The molecule has 0 bridgehead atoms. The molecule has 3 heteroatoms. The van der Waals surface area contributed by atoms with Gasteiger partial charge in [-0.3, -0.25) is 0 Å². The fraction of sp³-hybridized carbons (Fsp3) is 0. The Bertz CT molecular complexity index is 468. The molecule has 0 atom stereocenters. The number of benzene rings is 2. The highest BCUT2D eigenvalue weighted by Gasteiger charge is 2.01. The maximum absolute atomic E-state index is 5.88. The Kier molecular flexibility index (Phi) is 2.18. The average molecular weight is 257 g/mol. The van der Waals surface area contributed by atoms with E-state index in [4.69, 9.17) is 17.3 Å². The number of hydrogen-bond donors (Lipinski definition) is 1. The summed E-state index contributed by atoms with van der Waals surface area (Å²) in [5.74, 6) is 0. The van der Waals surface area contributed by atoms with Crippen LogP contribution in [0.3, 0.4) is 0 Å². The van der Waals surface area contributed by atoms with Crippen molar-refractivity contribution >= 4 is 44.0 Å². The second-order valence-electron chi connectivity index (χ2n) is 2.83. The maximum Gasteiger partial charge on any atom is 0.0538 e. The Morgan fingerprint density at radius 3 is 2.69 bits per heavy atom. The number of hydrogen-bond acceptors (Lipinski definition) is 1. The van der Waals surface area contributed by atoms with Crippen molar-refractivity contribution in [3.8, 4) is 0 Å². The van der Waals surface area contributed by atoms with E-state index in [9.17, 15) is 0 Å². The van der Waals surface area contributed by atoms with E-state index in [-0.39, 0.29) is 0 Å². The summed E-state index contributed by atoms with van der Waals surface area (Å²) in [6.07, 6.45) is 0. The molecule has 0 unspecified atom stereocenters. The average Bonchev–Trinajstić information content (AvgIpc) is 2.12. The van der Waals surface area contributed by atoms with Crippen molar-refractivity contribution in [2.45, 2.75) is 0 Å². The van der Waals surface area contributed by atoms with Gasteiger partial charge in [-0.05, 0) is 39.5 Å². The highest BCUT2D eigenvalue weighted by molar-refractivity contribution is 9.10. The van der Waals surface area contributed by atoms with E-state index in [0.29, 0.717) is 0 Å². The summed E-state index contributed by atoms with van der Waals surface area (Å²) >= 11 is 9.24. The molecular weight excluding hydrogens is 249 g/mol. The van der Waals surface area contributed by atoms with Gasteiger partial charge in [-0.25, -0.2) is 0 Å². The molecule has 2 aromatic rings. The lowest BCUT2D eigenvalue weighted by atomic mass is 10.1. The van der Waals surface area contributed by atoms with E-state index >= 15 is 0 Å². The third-order valence-corrected chi connectivity index (χ3v) is 2.90. The first-order chi connectivity index (χ1) is 6.18. The van der Waals surface area contributed by atoms with Crippen LogP contribution in [0.25, 0.3) is 10.8 Å². The van der Waals surface area contributed by atoms with E-state index in [1.807, 2.05) is 30.3 Å². The third kappa shape index (κ3) is 1.52. The minimum atomic E-state index is 0.731. The maximum atomic E-state index is 5.88. The lowest BCUT2D eigenvalue weighted by Gasteiger charge is -2.04. The van der Waals surface area contributed by atoms with Crippen LogP contribution in [-0.2, 0) is 0 Å². The smallest absolute Gasteiger partial charge is 0.0538 e. The first-order valence-corrected chi connectivity index (χ1v) is 4.99. The van der Waals surface area contributed by atoms with Crippen LogP contribution in [0.5, 0.6) is 0 Å². The number of rotatable bonds is 0. The van der Waals surface area contributed by atoms with Crippen LogP contribution in [0.1, 0.15) is 0 Å². The Morgan fingerprint density at radius 1 is 1.15 bits per heavy atom. The molecule has 0 fully saturated rings. The molecule has 0 aliphatic rings. The van der Waals surface area contributed by atoms with Crippen LogP contribution < -0.4 is 5.73 Å². The molecule has 2 aromatic carbocycles. The van der Waals surface area contributed by atoms with Gasteiger partial charge in [0, 0.05) is 14.9 Å². The predicted molar refractivity (Wildman–Crippen MR) is 61.1 cm³/mol. The van der Waals surface area contributed by atoms with E-state index in [1.165, 1.54) is 0 Å². The lowest BCUT2D eigenvalue weighted by Crippen LogP contribution is -1.88. The van der Waals surface area contributed by atoms with Crippen LogP contribution in [0, 0.1) is 0 Å². The Labute approximate surface area is 89.6 Å². The third-order valence-electron chi connectivity index (χ3n) is 1.97. The highest BCUT2D eigenvalue weighted by atomic mass is 79.9. The van der Waals surface area contributed by atoms with Crippen molar-refractivity contribution < 1.29 is 0 Å². The second-order valence-corrected chi connectivity index (χ2v) is 4.12. The summed E-state index contributed by atoms with van der Waals surface area (Å²) < 4.78 is 0.919. The zero-order chi connectivity index (χ0) is 9.42. The van der Waals surface area contributed by atoms with Crippen LogP contribution in [0.2, 0.25) is 5.02 Å². The van der Waals surface area contributed by atoms with Gasteiger partial charge in [-0.2, -0.15) is 0 Å². The van der Waals surface area contributed by atoms with Gasteiger partial charge < -0.3 is 5.73 Å². The van der Waals surface area contributed by atoms with Gasteiger partial charge in [0.2, 0.25) is 0 Å². The summed E-state index contributed by atoms with van der Waals surface area (Å²) in [6, 6.07) is 9.58. The summed E-state index contributed by atoms with van der Waals surface area (Å²) in [5, 5.41) is 2.82. The Balaban J connectivity index is 2.87. The topological polar surface area (TPSA) is 26.0 Å². The molecule has 66 valence electrons. The van der Waals surface area contributed by atoms with Crippen molar-refractivity contribution in [1.29, 1.82) is 0 Å². The van der Waals surface area contributed by atoms with Crippen molar-refractivity contribution in [3.63, 3.8) is 0 Å². The van der Waals surface area contributed by atoms with E-state index in [1.54, 1.807) is 0 Å². The van der Waals surface area contributed by atoms with Crippen LogP contribution in [-0.4, -0.2) is 0 Å². The van der Waals surface area contributed by atoms with E-state index in [2.05, 4.69) is 15.9 Å². The summed E-state index contributed by atoms with van der Waals surface area (Å²) in [7, 11) is 0. The SMILES string of the molecule is Nc1c(Br)ccc2cc(Cl)ccc12. The molecule has 0 radical (unpaired) electrons.